The molecule has 0 fully saturated rings. The zero-order valence-electron chi connectivity index (χ0n) is 5.90. The minimum atomic E-state index is -2.37. The first kappa shape index (κ1) is 8.82. The molecule has 0 spiro atoms. The maximum Gasteiger partial charge on any atom is 0.264 e. The molecule has 0 aliphatic carbocycles. The highest BCUT2D eigenvalue weighted by Crippen LogP contribution is 2.13. The highest BCUT2D eigenvalue weighted by molar-refractivity contribution is 4.63. The van der Waals surface area contributed by atoms with E-state index < -0.39 is 12.5 Å². The van der Waals surface area contributed by atoms with Crippen molar-refractivity contribution in [3.63, 3.8) is 0 Å². The summed E-state index contributed by atoms with van der Waals surface area (Å²) < 4.78 is 28.2. The van der Waals surface area contributed by atoms with Crippen LogP contribution in [0.2, 0.25) is 0 Å². The number of alkyl halides is 2. The molecule has 0 aliphatic heterocycles. The molecule has 1 nitrogen and oxygen atoms in total. The minimum absolute atomic E-state index is 0.116. The summed E-state index contributed by atoms with van der Waals surface area (Å²) in [6.45, 7) is 3.42. The summed E-state index contributed by atoms with van der Waals surface area (Å²) in [5.41, 5.74) is 0. The number of hydrogen-bond acceptors (Lipinski definition) is 1. The van der Waals surface area contributed by atoms with Crippen LogP contribution in [-0.4, -0.2) is 19.6 Å². The van der Waals surface area contributed by atoms with Gasteiger partial charge in [0.25, 0.3) is 6.43 Å². The third kappa shape index (κ3) is 2.75. The molecule has 0 saturated heterocycles. The Balaban J connectivity index is 3.68. The first-order chi connectivity index (χ1) is 4.09. The second-order valence-corrected chi connectivity index (χ2v) is 2.28. The van der Waals surface area contributed by atoms with Gasteiger partial charge in [0.1, 0.15) is 6.10 Å². The van der Waals surface area contributed by atoms with Gasteiger partial charge in [0, 0.05) is 7.11 Å². The van der Waals surface area contributed by atoms with Gasteiger partial charge < -0.3 is 4.74 Å². The second-order valence-electron chi connectivity index (χ2n) is 2.28. The molecule has 0 bridgehead atoms. The second kappa shape index (κ2) is 3.77. The molecule has 0 saturated carbocycles. The van der Waals surface area contributed by atoms with E-state index in [-0.39, 0.29) is 5.92 Å². The molecular weight excluding hydrogens is 126 g/mol. The van der Waals surface area contributed by atoms with E-state index in [1.54, 1.807) is 13.8 Å². The molecule has 0 radical (unpaired) electrons. The topological polar surface area (TPSA) is 9.23 Å². The lowest BCUT2D eigenvalue weighted by Crippen LogP contribution is -2.26. The largest absolute Gasteiger partial charge is 0.375 e. The van der Waals surface area contributed by atoms with E-state index in [0.717, 1.165) is 0 Å². The summed E-state index contributed by atoms with van der Waals surface area (Å²) in [6, 6.07) is 0. The van der Waals surface area contributed by atoms with Crippen LogP contribution >= 0.6 is 0 Å². The van der Waals surface area contributed by atoms with E-state index in [0.29, 0.717) is 0 Å². The van der Waals surface area contributed by atoms with Crippen LogP contribution < -0.4 is 0 Å². The summed E-state index contributed by atoms with van der Waals surface area (Å²) in [7, 11) is 1.30. The van der Waals surface area contributed by atoms with Crippen LogP contribution in [0.15, 0.2) is 0 Å². The smallest absolute Gasteiger partial charge is 0.264 e. The number of hydrogen-bond donors (Lipinski definition) is 0. The lowest BCUT2D eigenvalue weighted by molar-refractivity contribution is -0.0565. The standard InChI is InChI=1S/C6H12F2O/c1-4(2)5(9-3)6(7)8/h4-6H,1-3H3. The van der Waals surface area contributed by atoms with Gasteiger partial charge in [-0.15, -0.1) is 0 Å². The highest BCUT2D eigenvalue weighted by Gasteiger charge is 2.22. The van der Waals surface area contributed by atoms with Gasteiger partial charge in [0.2, 0.25) is 0 Å². The molecule has 0 aromatic heterocycles. The predicted molar refractivity (Wildman–Crippen MR) is 31.6 cm³/mol. The summed E-state index contributed by atoms with van der Waals surface area (Å²) >= 11 is 0. The van der Waals surface area contributed by atoms with E-state index >= 15 is 0 Å². The van der Waals surface area contributed by atoms with Gasteiger partial charge in [-0.3, -0.25) is 0 Å². The third-order valence-electron chi connectivity index (χ3n) is 1.18. The Labute approximate surface area is 54.0 Å². The molecule has 0 rings (SSSR count). The Morgan fingerprint density at radius 2 is 1.67 bits per heavy atom. The predicted octanol–water partition coefficient (Wildman–Crippen LogP) is 1.92. The van der Waals surface area contributed by atoms with Crippen molar-refractivity contribution in [2.75, 3.05) is 7.11 Å². The molecule has 0 N–H and O–H groups in total. The summed E-state index contributed by atoms with van der Waals surface area (Å²) in [5, 5.41) is 0. The molecule has 1 unspecified atom stereocenters. The molecule has 3 heteroatoms. The molecule has 0 aromatic carbocycles. The Morgan fingerprint density at radius 1 is 1.22 bits per heavy atom. The van der Waals surface area contributed by atoms with Crippen molar-refractivity contribution in [2.45, 2.75) is 26.4 Å². The average molecular weight is 138 g/mol. The van der Waals surface area contributed by atoms with Crippen LogP contribution in [0.3, 0.4) is 0 Å². The molecule has 0 aliphatic rings. The van der Waals surface area contributed by atoms with E-state index in [2.05, 4.69) is 4.74 Å². The van der Waals surface area contributed by atoms with Gasteiger partial charge in [-0.1, -0.05) is 13.8 Å². The minimum Gasteiger partial charge on any atom is -0.375 e. The lowest BCUT2D eigenvalue weighted by atomic mass is 10.1. The summed E-state index contributed by atoms with van der Waals surface area (Å²) in [5.74, 6) is -0.116. The number of halogens is 2. The zero-order chi connectivity index (χ0) is 7.44. The Morgan fingerprint density at radius 3 is 1.67 bits per heavy atom. The third-order valence-corrected chi connectivity index (χ3v) is 1.18. The van der Waals surface area contributed by atoms with E-state index in [4.69, 9.17) is 0 Å². The Bertz CT molecular complexity index is 65.5. The van der Waals surface area contributed by atoms with Crippen LogP contribution in [0.25, 0.3) is 0 Å². The Hall–Kier alpha value is -0.180. The van der Waals surface area contributed by atoms with Crippen molar-refractivity contribution >= 4 is 0 Å². The normalized spacial score (nSPS) is 15.0. The fourth-order valence-electron chi connectivity index (χ4n) is 0.666. The van der Waals surface area contributed by atoms with Crippen LogP contribution in [0.4, 0.5) is 8.78 Å². The highest BCUT2D eigenvalue weighted by atomic mass is 19.3. The number of methoxy groups -OCH3 is 1. The first-order valence-electron chi connectivity index (χ1n) is 2.90. The van der Waals surface area contributed by atoms with Crippen molar-refractivity contribution in [3.05, 3.63) is 0 Å². The van der Waals surface area contributed by atoms with Crippen LogP contribution in [0, 0.1) is 5.92 Å². The molecule has 9 heavy (non-hydrogen) atoms. The number of rotatable bonds is 3. The van der Waals surface area contributed by atoms with E-state index in [1.165, 1.54) is 7.11 Å². The summed E-state index contributed by atoms with van der Waals surface area (Å²) in [4.78, 5) is 0. The fraction of sp³-hybridized carbons (Fsp3) is 1.00. The molecule has 0 heterocycles. The van der Waals surface area contributed by atoms with Crippen molar-refractivity contribution in [1.82, 2.24) is 0 Å². The molecule has 1 atom stereocenters. The van der Waals surface area contributed by atoms with Crippen molar-refractivity contribution in [3.8, 4) is 0 Å². The van der Waals surface area contributed by atoms with Crippen molar-refractivity contribution in [1.29, 1.82) is 0 Å². The van der Waals surface area contributed by atoms with Gasteiger partial charge >= 0.3 is 0 Å². The van der Waals surface area contributed by atoms with Gasteiger partial charge in [0.05, 0.1) is 0 Å². The quantitative estimate of drug-likeness (QED) is 0.579. The first-order valence-corrected chi connectivity index (χ1v) is 2.90. The molecule has 56 valence electrons. The van der Waals surface area contributed by atoms with Crippen molar-refractivity contribution in [2.24, 2.45) is 5.92 Å². The summed E-state index contributed by atoms with van der Waals surface area (Å²) in [6.07, 6.45) is -3.28. The zero-order valence-corrected chi connectivity index (χ0v) is 5.90. The number of ether oxygens (including phenoxy) is 1. The van der Waals surface area contributed by atoms with E-state index in [1.807, 2.05) is 0 Å². The maximum atomic E-state index is 11.8. The van der Waals surface area contributed by atoms with Crippen LogP contribution in [-0.2, 0) is 4.74 Å². The van der Waals surface area contributed by atoms with E-state index in [9.17, 15) is 8.78 Å². The van der Waals surface area contributed by atoms with Gasteiger partial charge in [-0.05, 0) is 5.92 Å². The van der Waals surface area contributed by atoms with Crippen LogP contribution in [0.1, 0.15) is 13.8 Å². The van der Waals surface area contributed by atoms with Gasteiger partial charge in [-0.25, -0.2) is 8.78 Å². The molecule has 0 aromatic rings. The maximum absolute atomic E-state index is 11.8. The Kier molecular flexibility index (Phi) is 3.70. The van der Waals surface area contributed by atoms with Crippen molar-refractivity contribution < 1.29 is 13.5 Å². The van der Waals surface area contributed by atoms with Crippen LogP contribution in [0.5, 0.6) is 0 Å². The fourth-order valence-corrected chi connectivity index (χ4v) is 0.666. The monoisotopic (exact) mass is 138 g/mol. The van der Waals surface area contributed by atoms with Gasteiger partial charge in [-0.2, -0.15) is 0 Å². The SMILES string of the molecule is COC(C(C)C)C(F)F. The van der Waals surface area contributed by atoms with Gasteiger partial charge in [0.15, 0.2) is 0 Å². The molecule has 0 amide bonds. The lowest BCUT2D eigenvalue weighted by Gasteiger charge is -2.17. The average Bonchev–Trinajstić information content (AvgIpc) is 1.64. The molecular formula is C6H12F2O.